The Morgan fingerprint density at radius 1 is 0.569 bits per heavy atom. The van der Waals surface area contributed by atoms with Gasteiger partial charge in [0.1, 0.15) is 0 Å². The standard InChI is InChI=1S/C46H30N4S/c47-29-35-23-13-14-24-38(35)39-26-25-36(30-49-46(34-21-11-4-12-22-34)50-45(48)33-19-9-3-10-20-33)42-41-28-37(31-15-5-1-6-16-31)27-40(43(41)51-44(39)42)32-17-7-2-8-18-32/h1-28,30,48H. The fourth-order valence-corrected chi connectivity index (χ4v) is 7.80. The van der Waals surface area contributed by atoms with Gasteiger partial charge in [0.05, 0.1) is 11.6 Å². The van der Waals surface area contributed by atoms with Crippen LogP contribution in [0.15, 0.2) is 180 Å². The lowest BCUT2D eigenvalue weighted by atomic mass is 9.93. The molecule has 0 aliphatic carbocycles. The van der Waals surface area contributed by atoms with Gasteiger partial charge in [-0.2, -0.15) is 5.26 Å². The number of hydrogen-bond donors (Lipinski definition) is 1. The number of rotatable bonds is 6. The van der Waals surface area contributed by atoms with E-state index in [0.29, 0.717) is 11.4 Å². The van der Waals surface area contributed by atoms with Gasteiger partial charge in [0.15, 0.2) is 11.7 Å². The van der Waals surface area contributed by atoms with Crippen LogP contribution in [0.25, 0.3) is 53.6 Å². The lowest BCUT2D eigenvalue weighted by Crippen LogP contribution is -2.04. The van der Waals surface area contributed by atoms with Crippen LogP contribution in [0.4, 0.5) is 0 Å². The van der Waals surface area contributed by atoms with Gasteiger partial charge in [0.25, 0.3) is 0 Å². The van der Waals surface area contributed by atoms with Crippen LogP contribution >= 0.6 is 11.3 Å². The zero-order chi connectivity index (χ0) is 34.6. The molecule has 0 saturated heterocycles. The lowest BCUT2D eigenvalue weighted by molar-refractivity contribution is 1.40. The van der Waals surface area contributed by atoms with Crippen LogP contribution in [-0.2, 0) is 0 Å². The van der Waals surface area contributed by atoms with Gasteiger partial charge >= 0.3 is 0 Å². The Hall–Kier alpha value is -6.74. The van der Waals surface area contributed by atoms with Crippen molar-refractivity contribution in [1.82, 2.24) is 0 Å². The second kappa shape index (κ2) is 14.0. The molecule has 1 N–H and O–H groups in total. The van der Waals surface area contributed by atoms with Gasteiger partial charge in [-0.25, -0.2) is 9.98 Å². The van der Waals surface area contributed by atoms with Crippen LogP contribution in [0.3, 0.4) is 0 Å². The van der Waals surface area contributed by atoms with Gasteiger partial charge in [-0.05, 0) is 34.9 Å². The Kier molecular flexibility index (Phi) is 8.66. The first-order chi connectivity index (χ1) is 25.2. The number of aliphatic imine (C=N–C) groups is 2. The van der Waals surface area contributed by atoms with Crippen LogP contribution in [0.2, 0.25) is 0 Å². The molecule has 8 aromatic rings. The summed E-state index contributed by atoms with van der Waals surface area (Å²) in [6.45, 7) is 0. The van der Waals surface area contributed by atoms with Crippen molar-refractivity contribution in [2.75, 3.05) is 0 Å². The summed E-state index contributed by atoms with van der Waals surface area (Å²) in [4.78, 5) is 9.73. The number of amidine groups is 2. The maximum Gasteiger partial charge on any atom is 0.161 e. The Morgan fingerprint density at radius 3 is 1.86 bits per heavy atom. The molecule has 0 amide bonds. The van der Waals surface area contributed by atoms with E-state index in [0.717, 1.165) is 70.2 Å². The van der Waals surface area contributed by atoms with E-state index in [-0.39, 0.29) is 5.84 Å². The SMILES string of the molecule is N#Cc1ccccc1-c1ccc(C=NC(=NC(=N)c2ccccc2)c2ccccc2)c2c1sc1c(-c3ccccc3)cc(-c3ccccc3)cc12. The topological polar surface area (TPSA) is 72.4 Å². The summed E-state index contributed by atoms with van der Waals surface area (Å²) >= 11 is 1.74. The molecule has 4 nitrogen and oxygen atoms in total. The summed E-state index contributed by atoms with van der Waals surface area (Å²) in [6.07, 6.45) is 1.87. The van der Waals surface area contributed by atoms with E-state index in [4.69, 9.17) is 15.4 Å². The Labute approximate surface area is 300 Å². The predicted octanol–water partition coefficient (Wildman–Crippen LogP) is 11.8. The summed E-state index contributed by atoms with van der Waals surface area (Å²) < 4.78 is 2.24. The molecule has 0 aliphatic heterocycles. The molecule has 51 heavy (non-hydrogen) atoms. The number of nitriles is 1. The predicted molar refractivity (Wildman–Crippen MR) is 214 cm³/mol. The summed E-state index contributed by atoms with van der Waals surface area (Å²) in [7, 11) is 0. The van der Waals surface area contributed by atoms with E-state index in [2.05, 4.69) is 78.9 Å². The second-order valence-corrected chi connectivity index (χ2v) is 13.1. The van der Waals surface area contributed by atoms with Gasteiger partial charge in [-0.15, -0.1) is 11.3 Å². The Bertz CT molecular complexity index is 2630. The van der Waals surface area contributed by atoms with Crippen LogP contribution < -0.4 is 0 Å². The van der Waals surface area contributed by atoms with E-state index < -0.39 is 0 Å². The maximum atomic E-state index is 10.1. The Balaban J connectivity index is 1.41. The number of benzene rings is 7. The minimum absolute atomic E-state index is 0.140. The number of nitrogens with one attached hydrogen (secondary N) is 1. The van der Waals surface area contributed by atoms with Crippen molar-refractivity contribution >= 4 is 49.4 Å². The lowest BCUT2D eigenvalue weighted by Gasteiger charge is -2.10. The first-order valence-corrected chi connectivity index (χ1v) is 17.5. The van der Waals surface area contributed by atoms with E-state index in [1.165, 1.54) is 0 Å². The molecular weight excluding hydrogens is 641 g/mol. The third-order valence-corrected chi connectivity index (χ3v) is 10.2. The molecule has 240 valence electrons. The normalized spacial score (nSPS) is 11.6. The van der Waals surface area contributed by atoms with Crippen molar-refractivity contribution in [2.45, 2.75) is 0 Å². The van der Waals surface area contributed by atoms with Crippen molar-refractivity contribution in [3.05, 3.63) is 192 Å². The molecule has 0 saturated carbocycles. The molecule has 0 spiro atoms. The smallest absolute Gasteiger partial charge is 0.161 e. The molecule has 0 fully saturated rings. The molecule has 7 aromatic carbocycles. The molecule has 0 unspecified atom stereocenters. The van der Waals surface area contributed by atoms with Crippen LogP contribution in [0, 0.1) is 16.7 Å². The molecule has 1 aromatic heterocycles. The molecule has 0 bridgehead atoms. The van der Waals surface area contributed by atoms with Crippen molar-refractivity contribution in [3.8, 4) is 39.4 Å². The molecule has 5 heteroatoms. The number of hydrogen-bond acceptors (Lipinski definition) is 3. The summed E-state index contributed by atoms with van der Waals surface area (Å²) in [5, 5.41) is 21.1. The number of nitrogens with zero attached hydrogens (tertiary/aromatic N) is 3. The van der Waals surface area contributed by atoms with Crippen LogP contribution in [0.1, 0.15) is 22.3 Å². The number of fused-ring (bicyclic) bond motifs is 3. The molecule has 1 heterocycles. The number of thiophene rings is 1. The fraction of sp³-hybridized carbons (Fsp3) is 0. The summed E-state index contributed by atoms with van der Waals surface area (Å²) in [5.74, 6) is 0.590. The highest BCUT2D eigenvalue weighted by Gasteiger charge is 2.20. The zero-order valence-electron chi connectivity index (χ0n) is 27.5. The van der Waals surface area contributed by atoms with E-state index in [9.17, 15) is 5.26 Å². The Morgan fingerprint density at radius 2 is 1.18 bits per heavy atom. The van der Waals surface area contributed by atoms with Gasteiger partial charge in [-0.3, -0.25) is 5.41 Å². The van der Waals surface area contributed by atoms with E-state index >= 15 is 0 Å². The highest BCUT2D eigenvalue weighted by atomic mass is 32.1. The molecule has 0 aliphatic rings. The van der Waals surface area contributed by atoms with Crippen molar-refractivity contribution in [1.29, 1.82) is 10.7 Å². The third-order valence-electron chi connectivity index (χ3n) is 8.90. The monoisotopic (exact) mass is 670 g/mol. The highest BCUT2D eigenvalue weighted by Crippen LogP contribution is 2.47. The minimum atomic E-state index is 0.140. The van der Waals surface area contributed by atoms with E-state index in [1.807, 2.05) is 103 Å². The highest BCUT2D eigenvalue weighted by molar-refractivity contribution is 7.27. The van der Waals surface area contributed by atoms with Crippen molar-refractivity contribution in [3.63, 3.8) is 0 Å². The molecular formula is C46H30N4S. The first-order valence-electron chi connectivity index (χ1n) is 16.6. The van der Waals surface area contributed by atoms with Gasteiger partial charge < -0.3 is 0 Å². The van der Waals surface area contributed by atoms with Gasteiger partial charge in [0, 0.05) is 59.8 Å². The third kappa shape index (κ3) is 6.28. The van der Waals surface area contributed by atoms with Crippen LogP contribution in [-0.4, -0.2) is 17.9 Å². The van der Waals surface area contributed by atoms with Crippen molar-refractivity contribution in [2.24, 2.45) is 9.98 Å². The molecule has 0 atom stereocenters. The average Bonchev–Trinajstić information content (AvgIpc) is 3.60. The average molecular weight is 671 g/mol. The molecule has 8 rings (SSSR count). The fourth-order valence-electron chi connectivity index (χ4n) is 6.43. The summed E-state index contributed by atoms with van der Waals surface area (Å²) in [6, 6.07) is 59.2. The maximum absolute atomic E-state index is 10.1. The largest absolute Gasteiger partial charge is 0.282 e. The second-order valence-electron chi connectivity index (χ2n) is 12.1. The van der Waals surface area contributed by atoms with E-state index in [1.54, 1.807) is 11.3 Å². The zero-order valence-corrected chi connectivity index (χ0v) is 28.3. The van der Waals surface area contributed by atoms with Gasteiger partial charge in [0.2, 0.25) is 0 Å². The first kappa shape index (κ1) is 31.5. The quantitative estimate of drug-likeness (QED) is 0.139. The van der Waals surface area contributed by atoms with Gasteiger partial charge in [-0.1, -0.05) is 152 Å². The molecule has 0 radical (unpaired) electrons. The summed E-state index contributed by atoms with van der Waals surface area (Å²) in [5.41, 5.74) is 9.53. The van der Waals surface area contributed by atoms with Crippen LogP contribution in [0.5, 0.6) is 0 Å². The van der Waals surface area contributed by atoms with Crippen molar-refractivity contribution < 1.29 is 0 Å². The minimum Gasteiger partial charge on any atom is -0.282 e.